The number of ether oxygens (including phenoxy) is 2. The lowest BCUT2D eigenvalue weighted by atomic mass is 9.83. The van der Waals surface area contributed by atoms with E-state index < -0.39 is 47.4 Å². The van der Waals surface area contributed by atoms with E-state index >= 15 is 0 Å². The molecule has 0 bridgehead atoms. The van der Waals surface area contributed by atoms with Gasteiger partial charge in [-0.15, -0.1) is 0 Å². The van der Waals surface area contributed by atoms with Gasteiger partial charge in [0.2, 0.25) is 11.8 Å². The van der Waals surface area contributed by atoms with Crippen LogP contribution in [0, 0.1) is 11.8 Å². The van der Waals surface area contributed by atoms with Crippen molar-refractivity contribution < 1.29 is 38.2 Å². The molecule has 0 heterocycles. The molecule has 12 heteroatoms. The smallest absolute Gasteiger partial charge is 0.323 e. The fourth-order valence-corrected chi connectivity index (χ4v) is 4.56. The zero-order valence-corrected chi connectivity index (χ0v) is 24.5. The molecule has 0 saturated heterocycles. The summed E-state index contributed by atoms with van der Waals surface area (Å²) in [6, 6.07) is 7.48. The number of fused-ring (bicyclic) bond motifs is 2. The Morgan fingerprint density at radius 1 is 0.619 bits per heavy atom. The number of nitrogens with one attached hydrogen (secondary N) is 4. The Balaban J connectivity index is 1.69. The molecule has 1 aliphatic carbocycles. The summed E-state index contributed by atoms with van der Waals surface area (Å²) in [5, 5.41) is 11.1. The number of rotatable bonds is 12. The lowest BCUT2D eigenvalue weighted by Crippen LogP contribution is -2.45. The van der Waals surface area contributed by atoms with Crippen molar-refractivity contribution in [3.05, 3.63) is 58.7 Å². The molecule has 12 nitrogen and oxygen atoms in total. The minimum atomic E-state index is -0.664. The summed E-state index contributed by atoms with van der Waals surface area (Å²) in [7, 11) is 2.55. The van der Waals surface area contributed by atoms with Crippen molar-refractivity contribution in [3.8, 4) is 0 Å². The van der Waals surface area contributed by atoms with Gasteiger partial charge in [-0.25, -0.2) is 0 Å². The van der Waals surface area contributed by atoms with Gasteiger partial charge in [-0.2, -0.15) is 0 Å². The van der Waals surface area contributed by atoms with Gasteiger partial charge in [0.1, 0.15) is 12.1 Å². The van der Waals surface area contributed by atoms with Crippen LogP contribution in [0.25, 0.3) is 0 Å². The van der Waals surface area contributed by atoms with E-state index in [1.165, 1.54) is 50.6 Å². The second-order valence-corrected chi connectivity index (χ2v) is 10.5. The van der Waals surface area contributed by atoms with Crippen LogP contribution in [0.1, 0.15) is 59.5 Å². The lowest BCUT2D eigenvalue weighted by Gasteiger charge is -2.21. The first-order chi connectivity index (χ1) is 19.9. The van der Waals surface area contributed by atoms with Crippen molar-refractivity contribution in [3.63, 3.8) is 0 Å². The van der Waals surface area contributed by atoms with Crippen molar-refractivity contribution in [2.24, 2.45) is 11.8 Å². The van der Waals surface area contributed by atoms with Crippen LogP contribution in [0.4, 0.5) is 11.4 Å². The van der Waals surface area contributed by atoms with Gasteiger partial charge in [-0.05, 0) is 48.2 Å². The number of anilines is 2. The van der Waals surface area contributed by atoms with Crippen molar-refractivity contribution in [1.29, 1.82) is 0 Å². The Labute approximate surface area is 243 Å². The molecule has 3 rings (SSSR count). The first kappa shape index (κ1) is 32.1. The standard InChI is InChI=1S/C30H36N4O8/c1-15(2)25(29(39)41-5)31-13-23(35)33-17-7-9-19-21(11-17)27(37)20-10-8-18(12-22(20)28(19)38)34-24(36)14-32-26(16(3)4)30(40)42-6/h7-12,15-16,25-26,31-32H,13-14H2,1-6H3,(H,33,35)(H,34,36)/t25-,26-/m1/s1. The van der Waals surface area contributed by atoms with Crippen LogP contribution >= 0.6 is 0 Å². The summed E-state index contributed by atoms with van der Waals surface area (Å²) < 4.78 is 9.52. The number of hydrogen-bond acceptors (Lipinski definition) is 10. The number of ketones is 2. The summed E-state index contributed by atoms with van der Waals surface area (Å²) >= 11 is 0. The molecule has 0 spiro atoms. The maximum absolute atomic E-state index is 13.3. The van der Waals surface area contributed by atoms with E-state index in [4.69, 9.17) is 9.47 Å². The van der Waals surface area contributed by atoms with Gasteiger partial charge < -0.3 is 20.1 Å². The summed E-state index contributed by atoms with van der Waals surface area (Å²) in [6.45, 7) is 6.94. The van der Waals surface area contributed by atoms with Gasteiger partial charge >= 0.3 is 11.9 Å². The highest BCUT2D eigenvalue weighted by Gasteiger charge is 2.31. The molecule has 42 heavy (non-hydrogen) atoms. The fourth-order valence-electron chi connectivity index (χ4n) is 4.56. The van der Waals surface area contributed by atoms with Crippen LogP contribution in [0.5, 0.6) is 0 Å². The second kappa shape index (κ2) is 14.0. The molecule has 0 radical (unpaired) electrons. The normalized spacial score (nSPS) is 13.6. The van der Waals surface area contributed by atoms with Crippen molar-refractivity contribution in [2.75, 3.05) is 37.9 Å². The van der Waals surface area contributed by atoms with Crippen LogP contribution < -0.4 is 21.3 Å². The van der Waals surface area contributed by atoms with E-state index in [9.17, 15) is 28.8 Å². The molecule has 0 saturated carbocycles. The minimum absolute atomic E-state index is 0.105. The van der Waals surface area contributed by atoms with E-state index in [1.807, 2.05) is 27.7 Å². The molecule has 0 aromatic heterocycles. The number of methoxy groups -OCH3 is 2. The number of hydrogen-bond donors (Lipinski definition) is 4. The second-order valence-electron chi connectivity index (χ2n) is 10.5. The maximum Gasteiger partial charge on any atom is 0.323 e. The third-order valence-corrected chi connectivity index (χ3v) is 6.79. The Bertz CT molecular complexity index is 1300. The minimum Gasteiger partial charge on any atom is -0.468 e. The summed E-state index contributed by atoms with van der Waals surface area (Å²) in [6.07, 6.45) is 0. The molecule has 4 N–H and O–H groups in total. The van der Waals surface area contributed by atoms with Gasteiger partial charge in [-0.3, -0.25) is 39.4 Å². The molecule has 0 aliphatic heterocycles. The molecule has 2 aromatic rings. The molecule has 2 aromatic carbocycles. The third kappa shape index (κ3) is 7.45. The molecular weight excluding hydrogens is 544 g/mol. The molecule has 2 amide bonds. The SMILES string of the molecule is COC(=O)[C@H](NCC(=O)Nc1ccc2c(c1)C(=O)c1ccc(NC(=O)CN[C@@H](C(=O)OC)C(C)C)cc1C2=O)C(C)C. The predicted octanol–water partition coefficient (Wildman–Crippen LogP) is 1.91. The van der Waals surface area contributed by atoms with Crippen LogP contribution in [0.15, 0.2) is 36.4 Å². The van der Waals surface area contributed by atoms with Gasteiger partial charge in [0, 0.05) is 33.6 Å². The third-order valence-electron chi connectivity index (χ3n) is 6.79. The van der Waals surface area contributed by atoms with Crippen molar-refractivity contribution >= 4 is 46.7 Å². The van der Waals surface area contributed by atoms with Crippen LogP contribution in [0.3, 0.4) is 0 Å². The number of amides is 2. The van der Waals surface area contributed by atoms with Gasteiger partial charge in [-0.1, -0.05) is 27.7 Å². The van der Waals surface area contributed by atoms with E-state index in [1.54, 1.807) is 0 Å². The highest BCUT2D eigenvalue weighted by Crippen LogP contribution is 2.31. The van der Waals surface area contributed by atoms with E-state index in [0.29, 0.717) is 11.4 Å². The maximum atomic E-state index is 13.3. The Morgan fingerprint density at radius 3 is 1.29 bits per heavy atom. The topological polar surface area (TPSA) is 169 Å². The van der Waals surface area contributed by atoms with Crippen molar-refractivity contribution in [1.82, 2.24) is 10.6 Å². The van der Waals surface area contributed by atoms with Gasteiger partial charge in [0.05, 0.1) is 27.3 Å². The predicted molar refractivity (Wildman–Crippen MR) is 154 cm³/mol. The zero-order valence-electron chi connectivity index (χ0n) is 24.5. The van der Waals surface area contributed by atoms with Gasteiger partial charge in [0.25, 0.3) is 0 Å². The first-order valence-corrected chi connectivity index (χ1v) is 13.5. The molecule has 224 valence electrons. The zero-order chi connectivity index (χ0) is 31.1. The van der Waals surface area contributed by atoms with Crippen LogP contribution in [-0.4, -0.2) is 74.7 Å². The Kier molecular flexibility index (Phi) is 10.7. The highest BCUT2D eigenvalue weighted by atomic mass is 16.5. The average molecular weight is 581 g/mol. The monoisotopic (exact) mass is 580 g/mol. The number of carbonyl (C=O) groups excluding carboxylic acids is 6. The quantitative estimate of drug-likeness (QED) is 0.232. The molecular formula is C30H36N4O8. The molecule has 2 atom stereocenters. The Hall–Kier alpha value is -4.42. The largest absolute Gasteiger partial charge is 0.468 e. The highest BCUT2D eigenvalue weighted by molar-refractivity contribution is 6.29. The van der Waals surface area contributed by atoms with Crippen LogP contribution in [0.2, 0.25) is 0 Å². The van der Waals surface area contributed by atoms with Gasteiger partial charge in [0.15, 0.2) is 11.6 Å². The Morgan fingerprint density at radius 2 is 0.976 bits per heavy atom. The number of carbonyl (C=O) groups is 6. The first-order valence-electron chi connectivity index (χ1n) is 13.5. The van der Waals surface area contributed by atoms with Crippen LogP contribution in [-0.2, 0) is 28.7 Å². The number of benzene rings is 2. The summed E-state index contributed by atoms with van der Waals surface area (Å²) in [5.41, 5.74) is 1.22. The fraction of sp³-hybridized carbons (Fsp3) is 0.400. The molecule has 0 unspecified atom stereocenters. The van der Waals surface area contributed by atoms with E-state index in [2.05, 4.69) is 21.3 Å². The lowest BCUT2D eigenvalue weighted by molar-refractivity contribution is -0.145. The van der Waals surface area contributed by atoms with Crippen molar-refractivity contribution in [2.45, 2.75) is 39.8 Å². The summed E-state index contributed by atoms with van der Waals surface area (Å²) in [4.78, 5) is 75.4. The molecule has 1 aliphatic rings. The summed E-state index contributed by atoms with van der Waals surface area (Å²) in [5.74, 6) is -2.87. The average Bonchev–Trinajstić information content (AvgIpc) is 2.95. The van der Waals surface area contributed by atoms with E-state index in [0.717, 1.165) is 0 Å². The molecule has 0 fully saturated rings. The van der Waals surface area contributed by atoms with E-state index in [-0.39, 0.29) is 47.2 Å². The number of esters is 2.